The highest BCUT2D eigenvalue weighted by atomic mass is 16.5. The lowest BCUT2D eigenvalue weighted by atomic mass is 9.95. The normalized spacial score (nSPS) is 14.3. The summed E-state index contributed by atoms with van der Waals surface area (Å²) in [6.07, 6.45) is 40.9. The lowest BCUT2D eigenvalue weighted by molar-refractivity contribution is -0.135. The number of esters is 2. The van der Waals surface area contributed by atoms with Crippen molar-refractivity contribution >= 4 is 22.7 Å². The number of nitrogens with zero attached hydrogens (tertiary/aromatic N) is 4. The van der Waals surface area contributed by atoms with E-state index >= 15 is 0 Å². The molecule has 0 bridgehead atoms. The van der Waals surface area contributed by atoms with Crippen molar-refractivity contribution < 1.29 is 19.1 Å². The lowest BCUT2D eigenvalue weighted by Gasteiger charge is -2.23. The first-order valence-corrected chi connectivity index (χ1v) is 29.1. The van der Waals surface area contributed by atoms with Crippen molar-refractivity contribution in [2.75, 3.05) is 0 Å². The third-order valence-corrected chi connectivity index (χ3v) is 14.9. The zero-order valence-electron chi connectivity index (χ0n) is 45.3. The molecular formula is C60H100N4O4. The fraction of sp³-hybridized carbons (Fsp3) is 0.800. The van der Waals surface area contributed by atoms with E-state index in [1.807, 2.05) is 0 Å². The number of ether oxygens (including phenoxy) is 2. The van der Waals surface area contributed by atoms with Crippen LogP contribution in [0.4, 0.5) is 0 Å². The maximum Gasteiger partial charge on any atom is 0.311 e. The van der Waals surface area contributed by atoms with Gasteiger partial charge < -0.3 is 9.47 Å². The van der Waals surface area contributed by atoms with E-state index in [-0.39, 0.29) is 11.9 Å². The summed E-state index contributed by atoms with van der Waals surface area (Å²) in [5.74, 6) is 0.516. The summed E-state index contributed by atoms with van der Waals surface area (Å²) >= 11 is 0. The van der Waals surface area contributed by atoms with Gasteiger partial charge in [0.1, 0.15) is 11.5 Å². The second-order valence-corrected chi connectivity index (χ2v) is 21.1. The molecule has 0 saturated heterocycles. The molecule has 0 saturated carbocycles. The minimum absolute atomic E-state index is 0.241. The number of hydrogen-bond donors (Lipinski definition) is 0. The van der Waals surface area contributed by atoms with E-state index in [0.29, 0.717) is 24.3 Å². The summed E-state index contributed by atoms with van der Waals surface area (Å²) in [6.45, 7) is 17.6. The third kappa shape index (κ3) is 17.6. The van der Waals surface area contributed by atoms with Gasteiger partial charge in [-0.2, -0.15) is 0 Å². The molecule has 0 radical (unpaired) electrons. The highest BCUT2D eigenvalue weighted by molar-refractivity contribution is 5.97. The van der Waals surface area contributed by atoms with Crippen molar-refractivity contribution in [2.24, 2.45) is 20.0 Å². The Morgan fingerprint density at radius 2 is 0.574 bits per heavy atom. The van der Waals surface area contributed by atoms with Gasteiger partial charge in [0.15, 0.2) is 11.3 Å². The van der Waals surface area contributed by atoms with Crippen LogP contribution in [0.2, 0.25) is 0 Å². The topological polar surface area (TPSA) is 102 Å². The van der Waals surface area contributed by atoms with Crippen LogP contribution in [0.25, 0.3) is 10.8 Å². The monoisotopic (exact) mass is 941 g/mol. The molecule has 384 valence electrons. The smallest absolute Gasteiger partial charge is 0.311 e. The molecule has 2 aliphatic rings. The molecule has 2 aromatic rings. The first kappa shape index (κ1) is 57.4. The molecule has 68 heavy (non-hydrogen) atoms. The molecular weight excluding hydrogens is 841 g/mol. The molecule has 2 aliphatic heterocycles. The molecule has 0 fully saturated rings. The Balaban J connectivity index is 2.02. The molecule has 4 rings (SSSR count). The highest BCUT2D eigenvalue weighted by Crippen LogP contribution is 2.38. The van der Waals surface area contributed by atoms with Crippen LogP contribution in [0.15, 0.2) is 20.0 Å². The molecule has 0 spiro atoms. The van der Waals surface area contributed by atoms with Crippen molar-refractivity contribution in [1.29, 1.82) is 0 Å². The predicted molar refractivity (Wildman–Crippen MR) is 284 cm³/mol. The number of unbranched alkanes of at least 4 members (excludes halogenated alkanes) is 26. The maximum atomic E-state index is 14.1. The van der Waals surface area contributed by atoms with Crippen LogP contribution in [0.1, 0.15) is 297 Å². The van der Waals surface area contributed by atoms with Crippen molar-refractivity contribution in [3.8, 4) is 11.5 Å². The van der Waals surface area contributed by atoms with Gasteiger partial charge in [-0.3, -0.25) is 29.6 Å². The van der Waals surface area contributed by atoms with E-state index in [1.54, 1.807) is 0 Å². The van der Waals surface area contributed by atoms with Gasteiger partial charge in [-0.05, 0) is 78.1 Å². The van der Waals surface area contributed by atoms with Gasteiger partial charge in [-0.15, -0.1) is 0 Å². The molecule has 8 nitrogen and oxygen atoms in total. The van der Waals surface area contributed by atoms with E-state index < -0.39 is 11.3 Å². The van der Waals surface area contributed by atoms with Crippen molar-refractivity contribution in [1.82, 2.24) is 0 Å². The van der Waals surface area contributed by atoms with Crippen molar-refractivity contribution in [2.45, 2.75) is 311 Å². The number of benzene rings is 2. The number of rotatable bonds is 40. The molecule has 8 heteroatoms. The number of hydrogen-bond acceptors (Lipinski definition) is 8. The summed E-state index contributed by atoms with van der Waals surface area (Å²) in [7, 11) is 0. The molecule has 2 heterocycles. The number of fused-ring (bicyclic) bond motifs is 5. The van der Waals surface area contributed by atoms with E-state index in [4.69, 9.17) is 29.4 Å². The summed E-state index contributed by atoms with van der Waals surface area (Å²) in [5, 5.41) is 4.56. The first-order valence-electron chi connectivity index (χ1n) is 29.1. The fourth-order valence-electron chi connectivity index (χ4n) is 10.7. The van der Waals surface area contributed by atoms with Crippen LogP contribution >= 0.6 is 0 Å². The largest absolute Gasteiger partial charge is 0.425 e. The first-order chi connectivity index (χ1) is 33.1. The lowest BCUT2D eigenvalue weighted by Crippen LogP contribution is -2.35. The molecule has 0 atom stereocenters. The van der Waals surface area contributed by atoms with Crippen LogP contribution in [0, 0.1) is 13.8 Å². The van der Waals surface area contributed by atoms with Gasteiger partial charge in [-0.25, -0.2) is 0 Å². The van der Waals surface area contributed by atoms with Crippen LogP contribution in [-0.4, -0.2) is 23.3 Å². The van der Waals surface area contributed by atoms with Gasteiger partial charge in [0.05, 0.1) is 32.2 Å². The Morgan fingerprint density at radius 3 is 0.853 bits per heavy atom. The zero-order valence-corrected chi connectivity index (χ0v) is 45.3. The molecule has 2 aromatic carbocycles. The second-order valence-electron chi connectivity index (χ2n) is 21.1. The number of carbonyl (C=O) groups excluding carboxylic acids is 2. The fourth-order valence-corrected chi connectivity index (χ4v) is 10.7. The van der Waals surface area contributed by atoms with Gasteiger partial charge in [0.2, 0.25) is 0 Å². The minimum Gasteiger partial charge on any atom is -0.425 e. The highest BCUT2D eigenvalue weighted by Gasteiger charge is 2.37. The zero-order chi connectivity index (χ0) is 49.0. The van der Waals surface area contributed by atoms with Gasteiger partial charge >= 0.3 is 11.9 Å². The van der Waals surface area contributed by atoms with E-state index in [2.05, 4.69) is 55.4 Å². The van der Waals surface area contributed by atoms with Gasteiger partial charge in [0, 0.05) is 24.0 Å². The molecule has 0 amide bonds. The Hall–Kier alpha value is -3.16. The van der Waals surface area contributed by atoms with Crippen LogP contribution < -0.4 is 30.9 Å². The SMILES string of the molecule is CCCCCCCCC1(CCCCCCCC)N=c2c(C)c(OC(=O)CCCCCC)c3c4c(c(C)c(OC(=O)CCCCCC)c3c2=N1)=NC(CCCCCCCC)(CCCCCCCC)N=4. The second kappa shape index (κ2) is 31.9. The Labute approximate surface area is 414 Å². The summed E-state index contributed by atoms with van der Waals surface area (Å²) in [4.78, 5) is 51.2. The summed E-state index contributed by atoms with van der Waals surface area (Å²) in [6, 6.07) is 0. The Bertz CT molecular complexity index is 1900. The van der Waals surface area contributed by atoms with Gasteiger partial charge in [0.25, 0.3) is 0 Å². The van der Waals surface area contributed by atoms with Crippen LogP contribution in [-0.2, 0) is 9.59 Å². The standard InChI is InChI=1S/C60H100N4O4/c1-9-15-21-27-31-37-43-59(44-38-32-28-22-16-10-2)61-53-47(7)57(67-49(65)41-35-25-19-13-5)52-51(55(53)63-59)58(68-50(66)42-36-26-20-14-6)48(8)54-56(52)64-60(62-54,45-39-33-29-23-17-11-3)46-40-34-30-24-18-12-4/h9-46H2,1-8H3. The third-order valence-electron chi connectivity index (χ3n) is 14.9. The summed E-state index contributed by atoms with van der Waals surface area (Å²) in [5.41, 5.74) is 0.391. The van der Waals surface area contributed by atoms with Crippen LogP contribution in [0.3, 0.4) is 0 Å². The van der Waals surface area contributed by atoms with Crippen LogP contribution in [0.5, 0.6) is 11.5 Å². The Kier molecular flexibility index (Phi) is 27.0. The van der Waals surface area contributed by atoms with Gasteiger partial charge in [-0.1, -0.05) is 208 Å². The van der Waals surface area contributed by atoms with Crippen molar-refractivity contribution in [3.63, 3.8) is 0 Å². The predicted octanol–water partition coefficient (Wildman–Crippen LogP) is 16.1. The number of carbonyl (C=O) groups is 2. The average Bonchev–Trinajstić information content (AvgIpc) is 3.91. The summed E-state index contributed by atoms with van der Waals surface area (Å²) < 4.78 is 13.4. The quantitative estimate of drug-likeness (QED) is 0.0377. The Morgan fingerprint density at radius 1 is 0.338 bits per heavy atom. The molecule has 0 aliphatic carbocycles. The van der Waals surface area contributed by atoms with E-state index in [1.165, 1.54) is 103 Å². The molecule has 0 unspecified atom stereocenters. The van der Waals surface area contributed by atoms with E-state index in [0.717, 1.165) is 172 Å². The molecule has 0 aromatic heterocycles. The maximum absolute atomic E-state index is 14.1. The average molecular weight is 941 g/mol. The van der Waals surface area contributed by atoms with E-state index in [9.17, 15) is 9.59 Å². The minimum atomic E-state index is -0.631. The van der Waals surface area contributed by atoms with Crippen molar-refractivity contribution in [3.05, 3.63) is 32.6 Å². The molecule has 0 N–H and O–H groups in total.